The molecular formula is C31H29F2N5O4. The van der Waals surface area contributed by atoms with Crippen LogP contribution in [0.1, 0.15) is 31.2 Å². The van der Waals surface area contributed by atoms with Crippen LogP contribution in [-0.4, -0.2) is 80.7 Å². The van der Waals surface area contributed by atoms with Crippen molar-refractivity contribution in [3.8, 4) is 41.2 Å². The molecule has 3 N–H and O–H groups in total. The highest BCUT2D eigenvalue weighted by Gasteiger charge is 2.49. The number of aliphatic hydroxyl groups is 1. The molecule has 3 fully saturated rings. The molecule has 0 radical (unpaired) electrons. The van der Waals surface area contributed by atoms with Gasteiger partial charge in [-0.25, -0.2) is 13.8 Å². The molecular weight excluding hydrogens is 544 g/mol. The summed E-state index contributed by atoms with van der Waals surface area (Å²) < 4.78 is 41.0. The molecule has 4 aromatic rings. The molecule has 3 aliphatic rings. The highest BCUT2D eigenvalue weighted by molar-refractivity contribution is 6.03. The van der Waals surface area contributed by atoms with Crippen LogP contribution in [0, 0.1) is 18.2 Å². The van der Waals surface area contributed by atoms with Crippen LogP contribution < -0.4 is 14.8 Å². The van der Waals surface area contributed by atoms with Gasteiger partial charge in [0.2, 0.25) is 5.88 Å². The third-order valence-electron chi connectivity index (χ3n) is 8.60. The zero-order valence-electron chi connectivity index (χ0n) is 22.9. The summed E-state index contributed by atoms with van der Waals surface area (Å²) in [6, 6.07) is 7.33. The van der Waals surface area contributed by atoms with Gasteiger partial charge >= 0.3 is 6.01 Å². The number of aromatic hydroxyl groups is 1. The highest BCUT2D eigenvalue weighted by atomic mass is 19.1. The Labute approximate surface area is 240 Å². The van der Waals surface area contributed by atoms with Crippen molar-refractivity contribution in [2.24, 2.45) is 0 Å². The molecule has 2 saturated heterocycles. The largest absolute Gasteiger partial charge is 0.508 e. The van der Waals surface area contributed by atoms with Crippen molar-refractivity contribution in [1.82, 2.24) is 19.9 Å². The molecule has 42 heavy (non-hydrogen) atoms. The number of aromatic nitrogens is 3. The van der Waals surface area contributed by atoms with Crippen molar-refractivity contribution in [3.05, 3.63) is 41.7 Å². The zero-order chi connectivity index (χ0) is 29.2. The average Bonchev–Trinajstić information content (AvgIpc) is 3.37. The maximum absolute atomic E-state index is 14.8. The van der Waals surface area contributed by atoms with Crippen molar-refractivity contribution in [2.75, 3.05) is 32.1 Å². The van der Waals surface area contributed by atoms with E-state index in [1.165, 1.54) is 25.3 Å². The molecule has 0 bridgehead atoms. The molecule has 216 valence electrons. The SMILES string of the molecule is C#Cc1c(F)ccc2cc(O)cc(-c3cc4nc(OC[C@@]56CCCN5C[C@H](F)C6)nc(N[C@@H]5C[C@H]5O)c4c(OC)n3)c12. The second-order valence-electron chi connectivity index (χ2n) is 11.3. The number of halogens is 2. The van der Waals surface area contributed by atoms with E-state index in [1.807, 2.05) is 0 Å². The van der Waals surface area contributed by atoms with Gasteiger partial charge in [0.05, 0.1) is 41.6 Å². The van der Waals surface area contributed by atoms with Crippen molar-refractivity contribution < 1.29 is 28.5 Å². The van der Waals surface area contributed by atoms with Gasteiger partial charge in [0.25, 0.3) is 0 Å². The lowest BCUT2D eigenvalue weighted by molar-refractivity contribution is 0.107. The first kappa shape index (κ1) is 26.6. The van der Waals surface area contributed by atoms with Crippen LogP contribution in [0.5, 0.6) is 17.6 Å². The smallest absolute Gasteiger partial charge is 0.319 e. The first-order chi connectivity index (χ1) is 20.3. The van der Waals surface area contributed by atoms with Gasteiger partial charge < -0.3 is 25.0 Å². The summed E-state index contributed by atoms with van der Waals surface area (Å²) in [5, 5.41) is 25.2. The summed E-state index contributed by atoms with van der Waals surface area (Å²) in [6.45, 7) is 1.47. The molecule has 2 aromatic carbocycles. The topological polar surface area (TPSA) is 113 Å². The second-order valence-corrected chi connectivity index (χ2v) is 11.3. The molecule has 4 atom stereocenters. The molecule has 4 heterocycles. The van der Waals surface area contributed by atoms with Crippen LogP contribution in [0.25, 0.3) is 32.9 Å². The molecule has 0 spiro atoms. The Morgan fingerprint density at radius 3 is 2.81 bits per heavy atom. The Hall–Kier alpha value is -4.27. The number of benzene rings is 2. The summed E-state index contributed by atoms with van der Waals surface area (Å²) >= 11 is 0. The number of terminal acetylenes is 1. The summed E-state index contributed by atoms with van der Waals surface area (Å²) in [5.74, 6) is 2.36. The van der Waals surface area contributed by atoms with Crippen molar-refractivity contribution in [1.29, 1.82) is 0 Å². The number of aliphatic hydroxyl groups excluding tert-OH is 1. The number of nitrogens with one attached hydrogen (secondary N) is 1. The van der Waals surface area contributed by atoms with Gasteiger partial charge in [-0.3, -0.25) is 4.90 Å². The highest BCUT2D eigenvalue weighted by Crippen LogP contribution is 2.42. The Kier molecular flexibility index (Phi) is 6.29. The fraction of sp³-hybridized carbons (Fsp3) is 0.387. The normalized spacial score (nSPS) is 25.0. The number of nitrogens with zero attached hydrogens (tertiary/aromatic N) is 4. The van der Waals surface area contributed by atoms with E-state index in [4.69, 9.17) is 15.9 Å². The molecule has 7 rings (SSSR count). The lowest BCUT2D eigenvalue weighted by atomic mass is 9.95. The second kappa shape index (κ2) is 9.93. The number of phenols is 1. The van der Waals surface area contributed by atoms with Crippen molar-refractivity contribution >= 4 is 27.5 Å². The van der Waals surface area contributed by atoms with Crippen LogP contribution in [0.2, 0.25) is 0 Å². The number of phenolic OH excluding ortho intramolecular Hbond substituents is 1. The molecule has 0 unspecified atom stereocenters. The van der Waals surface area contributed by atoms with Crippen LogP contribution >= 0.6 is 0 Å². The van der Waals surface area contributed by atoms with Crippen molar-refractivity contribution in [2.45, 2.75) is 49.5 Å². The number of fused-ring (bicyclic) bond motifs is 3. The van der Waals surface area contributed by atoms with Gasteiger partial charge in [-0.15, -0.1) is 6.42 Å². The van der Waals surface area contributed by atoms with Crippen molar-refractivity contribution in [3.63, 3.8) is 0 Å². The van der Waals surface area contributed by atoms with Gasteiger partial charge in [-0.05, 0) is 55.5 Å². The lowest BCUT2D eigenvalue weighted by Gasteiger charge is -2.30. The van der Waals surface area contributed by atoms with Gasteiger partial charge in [0.15, 0.2) is 0 Å². The summed E-state index contributed by atoms with van der Waals surface area (Å²) in [7, 11) is 1.46. The predicted molar refractivity (Wildman–Crippen MR) is 153 cm³/mol. The Morgan fingerprint density at radius 1 is 1.21 bits per heavy atom. The number of ether oxygens (including phenoxy) is 2. The summed E-state index contributed by atoms with van der Waals surface area (Å²) in [4.78, 5) is 16.1. The standard InChI is InChI=1S/C31H29F2N5O4/c1-3-19-21(33)6-5-16-9-18(39)10-20(26(16)19)22-11-24-27(29(35-22)41-2)28(34-23-12-25(23)40)37-30(36-24)42-15-31-7-4-8-38(31)14-17(32)13-31/h1,5-6,9-11,17,23,25,39-40H,4,7-8,12-15H2,2H3,(H,34,36,37)/t17-,23-,25-,31+/m1/s1. The van der Waals surface area contributed by atoms with E-state index in [0.717, 1.165) is 19.4 Å². The molecule has 9 nitrogen and oxygen atoms in total. The van der Waals surface area contributed by atoms with E-state index in [1.54, 1.807) is 12.1 Å². The number of rotatable bonds is 7. The first-order valence-corrected chi connectivity index (χ1v) is 13.9. The number of hydrogen-bond acceptors (Lipinski definition) is 9. The lowest BCUT2D eigenvalue weighted by Crippen LogP contribution is -2.43. The average molecular weight is 574 g/mol. The monoisotopic (exact) mass is 573 g/mol. The summed E-state index contributed by atoms with van der Waals surface area (Å²) in [6.07, 6.45) is 7.05. The minimum Gasteiger partial charge on any atom is -0.508 e. The van der Waals surface area contributed by atoms with E-state index >= 15 is 0 Å². The van der Waals surface area contributed by atoms with E-state index in [0.29, 0.717) is 58.1 Å². The van der Waals surface area contributed by atoms with E-state index in [2.05, 4.69) is 31.1 Å². The van der Waals surface area contributed by atoms with Crippen LogP contribution in [-0.2, 0) is 0 Å². The van der Waals surface area contributed by atoms with E-state index in [-0.39, 0.29) is 35.9 Å². The summed E-state index contributed by atoms with van der Waals surface area (Å²) in [5.41, 5.74) is 0.788. The fourth-order valence-corrected chi connectivity index (χ4v) is 6.48. The number of alkyl halides is 1. The number of hydrogen-bond donors (Lipinski definition) is 3. The zero-order valence-corrected chi connectivity index (χ0v) is 22.9. The predicted octanol–water partition coefficient (Wildman–Crippen LogP) is 4.18. The van der Waals surface area contributed by atoms with Gasteiger partial charge in [0, 0.05) is 23.9 Å². The Bertz CT molecular complexity index is 1780. The van der Waals surface area contributed by atoms with Crippen LogP contribution in [0.4, 0.5) is 14.6 Å². The van der Waals surface area contributed by atoms with Gasteiger partial charge in [0.1, 0.15) is 35.5 Å². The van der Waals surface area contributed by atoms with Crippen LogP contribution in [0.15, 0.2) is 30.3 Å². The van der Waals surface area contributed by atoms with E-state index < -0.39 is 23.6 Å². The van der Waals surface area contributed by atoms with Crippen LogP contribution in [0.3, 0.4) is 0 Å². The van der Waals surface area contributed by atoms with Gasteiger partial charge in [-0.2, -0.15) is 9.97 Å². The molecule has 0 amide bonds. The first-order valence-electron chi connectivity index (χ1n) is 13.9. The molecule has 11 heteroatoms. The fourth-order valence-electron chi connectivity index (χ4n) is 6.48. The maximum atomic E-state index is 14.8. The van der Waals surface area contributed by atoms with Gasteiger partial charge in [-0.1, -0.05) is 12.0 Å². The molecule has 1 aliphatic carbocycles. The van der Waals surface area contributed by atoms with E-state index in [9.17, 15) is 19.0 Å². The number of methoxy groups -OCH3 is 1. The Balaban J connectivity index is 1.37. The number of anilines is 1. The maximum Gasteiger partial charge on any atom is 0.319 e. The minimum absolute atomic E-state index is 0.0447. The third kappa shape index (κ3) is 4.42. The molecule has 2 aromatic heterocycles. The minimum atomic E-state index is -0.896. The quantitative estimate of drug-likeness (QED) is 0.280. The number of pyridine rings is 1. The Morgan fingerprint density at radius 2 is 2.05 bits per heavy atom. The molecule has 1 saturated carbocycles. The third-order valence-corrected chi connectivity index (χ3v) is 8.60. The molecule has 2 aliphatic heterocycles.